The molecule has 2 heterocycles. The van der Waals surface area contributed by atoms with Crippen LogP contribution in [0, 0.1) is 28.9 Å². The molecule has 0 saturated heterocycles. The number of urea groups is 1. The Labute approximate surface area is 488 Å². The van der Waals surface area contributed by atoms with Gasteiger partial charge in [-0.3, -0.25) is 38.5 Å². The average molecular weight is 1210 g/mol. The number of aliphatic hydroxyl groups excluding tert-OH is 1. The van der Waals surface area contributed by atoms with Crippen LogP contribution in [0.4, 0.5) is 26.7 Å². The van der Waals surface area contributed by atoms with Gasteiger partial charge in [0.2, 0.25) is 23.6 Å². The number of aromatic nitrogens is 2. The summed E-state index contributed by atoms with van der Waals surface area (Å²) in [5.74, 6) is -10.2. The third-order valence-corrected chi connectivity index (χ3v) is 13.5. The number of aliphatic carboxylic acids is 2. The van der Waals surface area contributed by atoms with Gasteiger partial charge in [-0.2, -0.15) is 13.2 Å². The van der Waals surface area contributed by atoms with Crippen LogP contribution in [0.25, 0.3) is 11.3 Å². The van der Waals surface area contributed by atoms with Gasteiger partial charge in [0.1, 0.15) is 30.1 Å². The Kier molecular flexibility index (Phi) is 28.4. The molecule has 2 aromatic carbocycles. The molecule has 1 aliphatic heterocycles. The number of nitrogens with two attached hydrogens (primary N) is 2. The summed E-state index contributed by atoms with van der Waals surface area (Å²) >= 11 is 0. The van der Waals surface area contributed by atoms with Gasteiger partial charge in [-0.05, 0) is 86.5 Å². The summed E-state index contributed by atoms with van der Waals surface area (Å²) in [6, 6.07) is 7.16. The standard InChI is InChI=1S/C55H76F2N10O11.C2HF3O2/c1-34(2)48(64-44(70)19-10-7-13-27-66-45(71)22-23-46(66)72)43(69)29-36(17-14-26-61-54(59)78)51(74)63-41(53(76)77)18-11-12-25-60-52(75)40(58)24-28-67(47(73)33-68)49(55(3,4)5)50-62-42(38-30-37(56)20-21-39(38)57)32-65(50)31-35-15-8-6-9-16-35;3-2(4,5)1(6)7/h6,8-9,15-16,20-23,30,32,34,36,40-41,48-49,68H,7,10-14,17-19,24-29,31,33,58H2,1-5H3,(H,60,75)(H,63,74)(H,64,70)(H,76,77)(H3,59,61,78);(H,6,7)/t36-,40+,41-,48+,49+;/m1./s1. The van der Waals surface area contributed by atoms with E-state index in [2.05, 4.69) is 21.3 Å². The minimum atomic E-state index is -5.08. The number of primary amides is 1. The van der Waals surface area contributed by atoms with Crippen molar-refractivity contribution in [1.29, 1.82) is 0 Å². The van der Waals surface area contributed by atoms with Crippen LogP contribution in [0.15, 0.2) is 66.9 Å². The summed E-state index contributed by atoms with van der Waals surface area (Å²) in [5.41, 5.74) is 11.7. The summed E-state index contributed by atoms with van der Waals surface area (Å²) in [4.78, 5) is 131. The molecule has 0 spiro atoms. The lowest BCUT2D eigenvalue weighted by Crippen LogP contribution is -2.48. The molecule has 5 atom stereocenters. The zero-order valence-electron chi connectivity index (χ0n) is 48.1. The van der Waals surface area contributed by atoms with Crippen LogP contribution in [-0.4, -0.2) is 151 Å². The molecule has 3 aromatic rings. The maximum absolute atomic E-state index is 15.1. The number of benzene rings is 2. The van der Waals surface area contributed by atoms with Crippen LogP contribution in [0.5, 0.6) is 0 Å². The lowest BCUT2D eigenvalue weighted by molar-refractivity contribution is -0.192. The number of alkyl halides is 3. The van der Waals surface area contributed by atoms with Gasteiger partial charge in [0, 0.05) is 75.4 Å². The monoisotopic (exact) mass is 1200 g/mol. The molecule has 0 aliphatic carbocycles. The van der Waals surface area contributed by atoms with Crippen molar-refractivity contribution in [3.05, 3.63) is 89.9 Å². The molecular formula is C57H77F5N10O13. The Morgan fingerprint density at radius 3 is 2.00 bits per heavy atom. The van der Waals surface area contributed by atoms with Crippen LogP contribution in [0.2, 0.25) is 0 Å². The number of aliphatic hydroxyl groups is 1. The fraction of sp³-hybridized carbons (Fsp3) is 0.526. The van der Waals surface area contributed by atoms with Crippen LogP contribution >= 0.6 is 0 Å². The number of carboxylic acid groups (broad SMARTS) is 2. The van der Waals surface area contributed by atoms with Crippen LogP contribution in [0.3, 0.4) is 0 Å². The first-order chi connectivity index (χ1) is 39.8. The number of ketones is 1. The first-order valence-corrected chi connectivity index (χ1v) is 27.6. The van der Waals surface area contributed by atoms with Crippen molar-refractivity contribution in [3.8, 4) is 11.3 Å². The molecule has 0 fully saturated rings. The zero-order valence-corrected chi connectivity index (χ0v) is 48.1. The molecule has 0 radical (unpaired) electrons. The van der Waals surface area contributed by atoms with Crippen molar-refractivity contribution in [2.45, 2.75) is 142 Å². The third kappa shape index (κ3) is 23.8. The smallest absolute Gasteiger partial charge is 0.480 e. The normalized spacial score (nSPS) is 14.1. The maximum Gasteiger partial charge on any atom is 0.490 e. The van der Waals surface area contributed by atoms with Crippen LogP contribution < -0.4 is 32.7 Å². The number of Topliss-reactive ketones (excluding diaryl/α,β-unsaturated/α-hetero) is 1. The molecule has 23 nitrogen and oxygen atoms in total. The third-order valence-electron chi connectivity index (χ3n) is 13.5. The Bertz CT molecular complexity index is 2810. The Balaban J connectivity index is 0.00000253. The van der Waals surface area contributed by atoms with E-state index in [0.29, 0.717) is 25.1 Å². The van der Waals surface area contributed by atoms with E-state index in [-0.39, 0.29) is 113 Å². The minimum Gasteiger partial charge on any atom is -0.480 e. The second kappa shape index (κ2) is 34.0. The molecule has 0 unspecified atom stereocenters. The van der Waals surface area contributed by atoms with E-state index in [1.54, 1.807) is 24.6 Å². The number of carboxylic acids is 2. The highest BCUT2D eigenvalue weighted by atomic mass is 19.4. The van der Waals surface area contributed by atoms with E-state index < -0.39 is 107 Å². The van der Waals surface area contributed by atoms with Crippen LogP contribution in [0.1, 0.15) is 123 Å². The van der Waals surface area contributed by atoms with E-state index in [4.69, 9.17) is 26.4 Å². The highest BCUT2D eigenvalue weighted by Crippen LogP contribution is 2.40. The number of hydrogen-bond donors (Lipinski definition) is 9. The second-order valence-electron chi connectivity index (χ2n) is 21.7. The first-order valence-electron chi connectivity index (χ1n) is 27.6. The van der Waals surface area contributed by atoms with Crippen LogP contribution in [-0.2, 0) is 49.7 Å². The number of unbranched alkanes of at least 4 members (excludes halogenated alkanes) is 3. The van der Waals surface area contributed by atoms with Crippen molar-refractivity contribution < 1.29 is 85.2 Å². The second-order valence-corrected chi connectivity index (χ2v) is 21.7. The Morgan fingerprint density at radius 1 is 0.788 bits per heavy atom. The number of imide groups is 1. The van der Waals surface area contributed by atoms with Gasteiger partial charge in [-0.1, -0.05) is 71.4 Å². The molecule has 11 N–H and O–H groups in total. The van der Waals surface area contributed by atoms with Gasteiger partial charge < -0.3 is 57.5 Å². The highest BCUT2D eigenvalue weighted by molar-refractivity contribution is 6.12. The number of halogens is 5. The van der Waals surface area contributed by atoms with Crippen molar-refractivity contribution in [1.82, 2.24) is 40.6 Å². The fourth-order valence-electron chi connectivity index (χ4n) is 9.14. The van der Waals surface area contributed by atoms with Crippen molar-refractivity contribution >= 4 is 59.2 Å². The molecule has 85 heavy (non-hydrogen) atoms. The first kappa shape index (κ1) is 71.1. The molecule has 0 bridgehead atoms. The zero-order chi connectivity index (χ0) is 63.8. The summed E-state index contributed by atoms with van der Waals surface area (Å²) in [6.45, 7) is 8.61. The molecule has 468 valence electrons. The minimum absolute atomic E-state index is 0.0564. The van der Waals surface area contributed by atoms with Gasteiger partial charge in [-0.25, -0.2) is 28.1 Å². The molecular weight excluding hydrogens is 1130 g/mol. The van der Waals surface area contributed by atoms with E-state index in [9.17, 15) is 70.9 Å². The van der Waals surface area contributed by atoms with Crippen molar-refractivity contribution in [2.75, 3.05) is 32.8 Å². The van der Waals surface area contributed by atoms with Gasteiger partial charge in [-0.15, -0.1) is 0 Å². The number of rotatable bonds is 33. The number of nitrogens with zero attached hydrogens (tertiary/aromatic N) is 4. The SMILES string of the molecule is CC(C)[C@H](NC(=O)CCCCCN1C(=O)C=CC1=O)C(=O)C[C@@H](CCCNC(N)=O)C(=O)N[C@H](CCCCNC(=O)[C@@H](N)CCN(C(=O)CO)[C@@H](c1nc(-c2cc(F)ccc2F)cn1Cc1ccccc1)C(C)(C)C)C(=O)O.O=C(O)C(F)(F)F. The molecule has 1 aliphatic rings. The topological polar surface area (TPSA) is 356 Å². The molecule has 1 aromatic heterocycles. The average Bonchev–Trinajstić information content (AvgIpc) is 2.04. The summed E-state index contributed by atoms with van der Waals surface area (Å²) in [5, 5.41) is 37.9. The largest absolute Gasteiger partial charge is 0.490 e. The Morgan fingerprint density at radius 2 is 1.42 bits per heavy atom. The quantitative estimate of drug-likeness (QED) is 0.0228. The summed E-state index contributed by atoms with van der Waals surface area (Å²) in [6.07, 6.45) is 0.702. The number of nitrogens with one attached hydrogen (secondary N) is 4. The van der Waals surface area contributed by atoms with Gasteiger partial charge in [0.15, 0.2) is 5.78 Å². The lowest BCUT2D eigenvalue weighted by atomic mass is 9.84. The van der Waals surface area contributed by atoms with Gasteiger partial charge in [0.25, 0.3) is 11.8 Å². The summed E-state index contributed by atoms with van der Waals surface area (Å²) < 4.78 is 63.0. The number of hydrogen-bond acceptors (Lipinski definition) is 13. The van der Waals surface area contributed by atoms with E-state index in [1.165, 1.54) is 17.1 Å². The van der Waals surface area contributed by atoms with Crippen molar-refractivity contribution in [3.63, 3.8) is 0 Å². The van der Waals surface area contributed by atoms with Crippen molar-refractivity contribution in [2.24, 2.45) is 28.7 Å². The predicted molar refractivity (Wildman–Crippen MR) is 298 cm³/mol. The highest BCUT2D eigenvalue weighted by Gasteiger charge is 2.40. The molecule has 0 saturated carbocycles. The Hall–Kier alpha value is -8.14. The number of imidazole rings is 1. The predicted octanol–water partition coefficient (Wildman–Crippen LogP) is 4.64. The number of carbonyl (C=O) groups is 10. The van der Waals surface area contributed by atoms with E-state index >= 15 is 4.39 Å². The van der Waals surface area contributed by atoms with Gasteiger partial charge >= 0.3 is 24.1 Å². The molecule has 28 heteroatoms. The van der Waals surface area contributed by atoms with Gasteiger partial charge in [0.05, 0.1) is 23.8 Å². The fourth-order valence-corrected chi connectivity index (χ4v) is 9.14. The maximum atomic E-state index is 15.1. The molecule has 8 amide bonds. The molecule has 4 rings (SSSR count). The summed E-state index contributed by atoms with van der Waals surface area (Å²) in [7, 11) is 0. The van der Waals surface area contributed by atoms with E-state index in [1.807, 2.05) is 51.1 Å². The number of amides is 8. The van der Waals surface area contributed by atoms with E-state index in [0.717, 1.165) is 28.7 Å². The lowest BCUT2D eigenvalue weighted by Gasteiger charge is -2.40. The number of carbonyl (C=O) groups excluding carboxylic acids is 8.